The van der Waals surface area contributed by atoms with Gasteiger partial charge in [0.15, 0.2) is 0 Å². The van der Waals surface area contributed by atoms with E-state index in [0.717, 1.165) is 11.8 Å². The molecule has 1 unspecified atom stereocenters. The van der Waals surface area contributed by atoms with E-state index in [1.54, 1.807) is 19.2 Å². The van der Waals surface area contributed by atoms with Crippen LogP contribution < -0.4 is 5.32 Å². The maximum Gasteiger partial charge on any atom is 0.227 e. The zero-order valence-corrected chi connectivity index (χ0v) is 11.6. The zero-order valence-electron chi connectivity index (χ0n) is 11.6. The summed E-state index contributed by atoms with van der Waals surface area (Å²) in [6.45, 7) is 3.81. The average Bonchev–Trinajstić information content (AvgIpc) is 2.40. The monoisotopic (exact) mass is 265 g/mol. The van der Waals surface area contributed by atoms with Gasteiger partial charge in [0.1, 0.15) is 12.1 Å². The van der Waals surface area contributed by atoms with Crippen molar-refractivity contribution in [2.45, 2.75) is 38.5 Å². The number of carbonyl (C=O) groups excluding carboxylic acids is 2. The maximum absolute atomic E-state index is 13.7. The molecule has 0 heterocycles. The quantitative estimate of drug-likeness (QED) is 0.804. The lowest BCUT2D eigenvalue weighted by molar-refractivity contribution is -0.122. The van der Waals surface area contributed by atoms with Gasteiger partial charge >= 0.3 is 0 Å². The topological polar surface area (TPSA) is 46.2 Å². The number of carbonyl (C=O) groups is 2. The molecule has 0 bridgehead atoms. The summed E-state index contributed by atoms with van der Waals surface area (Å²) >= 11 is 0. The van der Waals surface area contributed by atoms with Crippen LogP contribution in [0.2, 0.25) is 0 Å². The highest BCUT2D eigenvalue weighted by molar-refractivity contribution is 5.83. The highest BCUT2D eigenvalue weighted by Gasteiger charge is 2.20. The van der Waals surface area contributed by atoms with Crippen molar-refractivity contribution in [1.29, 1.82) is 0 Å². The number of benzene rings is 1. The van der Waals surface area contributed by atoms with Crippen LogP contribution in [0.15, 0.2) is 18.2 Å². The maximum atomic E-state index is 13.7. The fourth-order valence-corrected chi connectivity index (χ4v) is 2.08. The second-order valence-electron chi connectivity index (χ2n) is 4.85. The predicted molar refractivity (Wildman–Crippen MR) is 72.6 cm³/mol. The molecule has 1 aromatic rings. The number of likely N-dealkylation sites (N-methyl/N-ethyl adjacent to an activating group) is 1. The molecule has 0 spiro atoms. The Bertz CT molecular complexity index is 457. The van der Waals surface area contributed by atoms with Crippen molar-refractivity contribution in [2.75, 3.05) is 7.05 Å². The minimum absolute atomic E-state index is 0.0522. The molecule has 0 aliphatic rings. The Morgan fingerprint density at radius 3 is 2.63 bits per heavy atom. The van der Waals surface area contributed by atoms with Crippen molar-refractivity contribution in [3.63, 3.8) is 0 Å². The van der Waals surface area contributed by atoms with E-state index >= 15 is 0 Å². The summed E-state index contributed by atoms with van der Waals surface area (Å²) in [5.41, 5.74) is 1.35. The zero-order chi connectivity index (χ0) is 14.4. The van der Waals surface area contributed by atoms with E-state index < -0.39 is 5.92 Å². The van der Waals surface area contributed by atoms with Gasteiger partial charge in [-0.25, -0.2) is 4.39 Å². The van der Waals surface area contributed by atoms with E-state index in [0.29, 0.717) is 18.4 Å². The molecule has 0 aliphatic carbocycles. The summed E-state index contributed by atoms with van der Waals surface area (Å²) in [6.07, 6.45) is 1.54. The van der Waals surface area contributed by atoms with Crippen LogP contribution in [0.25, 0.3) is 0 Å². The first-order valence-corrected chi connectivity index (χ1v) is 6.45. The number of aldehydes is 1. The Morgan fingerprint density at radius 1 is 1.42 bits per heavy atom. The van der Waals surface area contributed by atoms with E-state index in [-0.39, 0.29) is 17.6 Å². The van der Waals surface area contributed by atoms with Gasteiger partial charge < -0.3 is 10.1 Å². The van der Waals surface area contributed by atoms with Gasteiger partial charge in [-0.1, -0.05) is 26.0 Å². The van der Waals surface area contributed by atoms with Crippen molar-refractivity contribution >= 4 is 12.2 Å². The molecule has 19 heavy (non-hydrogen) atoms. The van der Waals surface area contributed by atoms with Crippen LogP contribution in [0, 0.1) is 5.82 Å². The fourth-order valence-electron chi connectivity index (χ4n) is 2.08. The van der Waals surface area contributed by atoms with Gasteiger partial charge in [-0.3, -0.25) is 4.79 Å². The lowest BCUT2D eigenvalue weighted by Crippen LogP contribution is -2.26. The van der Waals surface area contributed by atoms with Gasteiger partial charge in [-0.15, -0.1) is 0 Å². The first kappa shape index (κ1) is 15.3. The van der Waals surface area contributed by atoms with Gasteiger partial charge in [-0.2, -0.15) is 0 Å². The first-order chi connectivity index (χ1) is 9.01. The van der Waals surface area contributed by atoms with Crippen molar-refractivity contribution in [3.05, 3.63) is 35.1 Å². The number of halogens is 1. The normalized spacial score (nSPS) is 12.3. The van der Waals surface area contributed by atoms with Gasteiger partial charge in [-0.05, 0) is 29.5 Å². The first-order valence-electron chi connectivity index (χ1n) is 6.45. The third-order valence-electron chi connectivity index (χ3n) is 3.18. The van der Waals surface area contributed by atoms with Crippen LogP contribution in [0.5, 0.6) is 0 Å². The van der Waals surface area contributed by atoms with Gasteiger partial charge in [0.25, 0.3) is 0 Å². The highest BCUT2D eigenvalue weighted by atomic mass is 19.1. The molecule has 104 valence electrons. The minimum atomic E-state index is -0.409. The number of hydrogen-bond acceptors (Lipinski definition) is 2. The molecule has 1 aromatic carbocycles. The summed E-state index contributed by atoms with van der Waals surface area (Å²) in [5.74, 6) is -0.766. The van der Waals surface area contributed by atoms with Gasteiger partial charge in [0.05, 0.1) is 5.92 Å². The van der Waals surface area contributed by atoms with Crippen LogP contribution in [-0.4, -0.2) is 19.2 Å². The van der Waals surface area contributed by atoms with E-state index in [1.165, 1.54) is 6.07 Å². The van der Waals surface area contributed by atoms with E-state index in [9.17, 15) is 14.0 Å². The van der Waals surface area contributed by atoms with E-state index in [1.807, 2.05) is 13.8 Å². The summed E-state index contributed by atoms with van der Waals surface area (Å²) in [4.78, 5) is 22.4. The Hall–Kier alpha value is -1.71. The summed E-state index contributed by atoms with van der Waals surface area (Å²) in [5, 5.41) is 2.59. The van der Waals surface area contributed by atoms with Crippen molar-refractivity contribution in [2.24, 2.45) is 0 Å². The van der Waals surface area contributed by atoms with Gasteiger partial charge in [0.2, 0.25) is 5.91 Å². The second-order valence-corrected chi connectivity index (χ2v) is 4.85. The Kier molecular flexibility index (Phi) is 5.67. The predicted octanol–water partition coefficient (Wildman–Crippen LogP) is 2.76. The van der Waals surface area contributed by atoms with Crippen LogP contribution in [0.3, 0.4) is 0 Å². The SMILES string of the molecule is CNC(=O)C(CCC=O)c1ccc(F)c(C(C)C)c1. The lowest BCUT2D eigenvalue weighted by Gasteiger charge is -2.17. The van der Waals surface area contributed by atoms with Crippen molar-refractivity contribution in [3.8, 4) is 0 Å². The molecular weight excluding hydrogens is 245 g/mol. The Labute approximate surface area is 113 Å². The third kappa shape index (κ3) is 3.88. The molecule has 1 N–H and O–H groups in total. The van der Waals surface area contributed by atoms with Crippen LogP contribution >= 0.6 is 0 Å². The Morgan fingerprint density at radius 2 is 2.11 bits per heavy atom. The molecule has 3 nitrogen and oxygen atoms in total. The fraction of sp³-hybridized carbons (Fsp3) is 0.467. The summed E-state index contributed by atoms with van der Waals surface area (Å²) in [7, 11) is 1.56. The van der Waals surface area contributed by atoms with Gasteiger partial charge in [0, 0.05) is 13.5 Å². The molecule has 0 saturated heterocycles. The highest BCUT2D eigenvalue weighted by Crippen LogP contribution is 2.26. The van der Waals surface area contributed by atoms with Crippen LogP contribution in [0.1, 0.15) is 49.7 Å². The smallest absolute Gasteiger partial charge is 0.227 e. The molecule has 1 amide bonds. The molecule has 0 saturated carbocycles. The van der Waals surface area contributed by atoms with Crippen LogP contribution in [0.4, 0.5) is 4.39 Å². The number of amides is 1. The largest absolute Gasteiger partial charge is 0.359 e. The lowest BCUT2D eigenvalue weighted by atomic mass is 9.90. The van der Waals surface area contributed by atoms with Crippen molar-refractivity contribution < 1.29 is 14.0 Å². The molecule has 0 aliphatic heterocycles. The standard InChI is InChI=1S/C15H20FNO2/c1-10(2)13-9-11(6-7-14(13)16)12(5-4-8-18)15(19)17-3/h6-10,12H,4-5H2,1-3H3,(H,17,19). The van der Waals surface area contributed by atoms with E-state index in [4.69, 9.17) is 0 Å². The molecule has 0 radical (unpaired) electrons. The van der Waals surface area contributed by atoms with E-state index in [2.05, 4.69) is 5.32 Å². The number of nitrogens with one attached hydrogen (secondary N) is 1. The Balaban J connectivity index is 3.11. The minimum Gasteiger partial charge on any atom is -0.359 e. The molecule has 1 atom stereocenters. The molecule has 0 fully saturated rings. The molecule has 4 heteroatoms. The molecule has 0 aromatic heterocycles. The number of rotatable bonds is 6. The van der Waals surface area contributed by atoms with Crippen molar-refractivity contribution in [1.82, 2.24) is 5.32 Å². The summed E-state index contributed by atoms with van der Waals surface area (Å²) in [6, 6.07) is 4.73. The average molecular weight is 265 g/mol. The number of hydrogen-bond donors (Lipinski definition) is 1. The second kappa shape index (κ2) is 7.02. The molecular formula is C15H20FNO2. The summed E-state index contributed by atoms with van der Waals surface area (Å²) < 4.78 is 13.7. The third-order valence-corrected chi connectivity index (χ3v) is 3.18. The van der Waals surface area contributed by atoms with Crippen LogP contribution in [-0.2, 0) is 9.59 Å². The molecule has 1 rings (SSSR count).